The van der Waals surface area contributed by atoms with Gasteiger partial charge in [-0.1, -0.05) is 35.9 Å². The van der Waals surface area contributed by atoms with Crippen LogP contribution in [-0.4, -0.2) is 20.9 Å². The number of nitrogen functional groups attached to an aromatic ring is 1. The second-order valence-electron chi connectivity index (χ2n) is 6.15. The van der Waals surface area contributed by atoms with Crippen molar-refractivity contribution in [3.63, 3.8) is 0 Å². The molecule has 2 aromatic heterocycles. The number of carbonyl (C=O) groups excluding carboxylic acids is 1. The van der Waals surface area contributed by atoms with E-state index in [4.69, 9.17) is 10.5 Å². The highest BCUT2D eigenvalue weighted by Crippen LogP contribution is 2.26. The van der Waals surface area contributed by atoms with E-state index in [1.807, 2.05) is 61.5 Å². The average Bonchev–Trinajstić information content (AvgIpc) is 3.12. The zero-order chi connectivity index (χ0) is 19.5. The lowest BCUT2D eigenvalue weighted by Crippen LogP contribution is -2.10. The van der Waals surface area contributed by atoms with E-state index in [0.717, 1.165) is 21.3 Å². The van der Waals surface area contributed by atoms with Crippen LogP contribution >= 0.6 is 11.3 Å². The zero-order valence-electron chi connectivity index (χ0n) is 15.0. The fraction of sp³-hybridized carbons (Fsp3) is 0.100. The van der Waals surface area contributed by atoms with Crippen molar-refractivity contribution in [2.45, 2.75) is 13.5 Å². The number of thiophene rings is 1. The predicted molar refractivity (Wildman–Crippen MR) is 110 cm³/mol. The normalized spacial score (nSPS) is 10.8. The molecule has 140 valence electrons. The SMILES string of the molecule is Cc1ccc(Nc2nc(N)nc(COC(=O)c3cc4ccccc4s3)n2)cc1. The van der Waals surface area contributed by atoms with Crippen molar-refractivity contribution in [1.29, 1.82) is 0 Å². The molecular formula is C20H17N5O2S. The van der Waals surface area contributed by atoms with E-state index < -0.39 is 5.97 Å². The monoisotopic (exact) mass is 391 g/mol. The smallest absolute Gasteiger partial charge is 0.348 e. The van der Waals surface area contributed by atoms with Gasteiger partial charge in [0.1, 0.15) is 4.88 Å². The number of nitrogens with one attached hydrogen (secondary N) is 1. The van der Waals surface area contributed by atoms with E-state index in [1.165, 1.54) is 11.3 Å². The van der Waals surface area contributed by atoms with E-state index in [-0.39, 0.29) is 18.4 Å². The Bertz CT molecular complexity index is 1110. The van der Waals surface area contributed by atoms with Gasteiger partial charge in [0.05, 0.1) is 0 Å². The molecule has 0 aliphatic rings. The summed E-state index contributed by atoms with van der Waals surface area (Å²) >= 11 is 1.38. The molecule has 0 amide bonds. The van der Waals surface area contributed by atoms with Gasteiger partial charge in [0.15, 0.2) is 12.4 Å². The van der Waals surface area contributed by atoms with Crippen LogP contribution in [0.5, 0.6) is 0 Å². The Hall–Kier alpha value is -3.52. The van der Waals surface area contributed by atoms with Crippen LogP contribution in [0, 0.1) is 6.92 Å². The Morgan fingerprint density at radius 1 is 1.11 bits per heavy atom. The summed E-state index contributed by atoms with van der Waals surface area (Å²) in [6, 6.07) is 17.4. The third kappa shape index (κ3) is 4.07. The fourth-order valence-electron chi connectivity index (χ4n) is 2.61. The highest BCUT2D eigenvalue weighted by Gasteiger charge is 2.13. The van der Waals surface area contributed by atoms with Gasteiger partial charge >= 0.3 is 5.97 Å². The average molecular weight is 391 g/mol. The minimum Gasteiger partial charge on any atom is -0.453 e. The van der Waals surface area contributed by atoms with Crippen LogP contribution in [0.4, 0.5) is 17.6 Å². The lowest BCUT2D eigenvalue weighted by Gasteiger charge is -2.08. The van der Waals surface area contributed by atoms with Gasteiger partial charge in [-0.05, 0) is 36.6 Å². The molecule has 0 atom stereocenters. The summed E-state index contributed by atoms with van der Waals surface area (Å²) in [5.74, 6) is 0.201. The molecule has 4 rings (SSSR count). The largest absolute Gasteiger partial charge is 0.453 e. The molecule has 2 heterocycles. The summed E-state index contributed by atoms with van der Waals surface area (Å²) in [5, 5.41) is 4.08. The van der Waals surface area contributed by atoms with Crippen LogP contribution < -0.4 is 11.1 Å². The molecule has 2 aromatic carbocycles. The summed E-state index contributed by atoms with van der Waals surface area (Å²) < 4.78 is 6.39. The van der Waals surface area contributed by atoms with Crippen molar-refractivity contribution in [3.05, 3.63) is 70.9 Å². The number of benzene rings is 2. The molecule has 0 spiro atoms. The van der Waals surface area contributed by atoms with Gasteiger partial charge in [-0.2, -0.15) is 15.0 Å². The van der Waals surface area contributed by atoms with Crippen LogP contribution in [0.3, 0.4) is 0 Å². The van der Waals surface area contributed by atoms with Gasteiger partial charge in [0.25, 0.3) is 0 Å². The summed E-state index contributed by atoms with van der Waals surface area (Å²) in [6.07, 6.45) is 0. The Morgan fingerprint density at radius 2 is 1.89 bits per heavy atom. The van der Waals surface area contributed by atoms with Crippen molar-refractivity contribution in [2.24, 2.45) is 0 Å². The number of hydrogen-bond donors (Lipinski definition) is 2. The molecule has 4 aromatic rings. The molecular weight excluding hydrogens is 374 g/mol. The van der Waals surface area contributed by atoms with Gasteiger partial charge in [0, 0.05) is 10.4 Å². The maximum absolute atomic E-state index is 12.4. The number of hydrogen-bond acceptors (Lipinski definition) is 8. The van der Waals surface area contributed by atoms with Crippen molar-refractivity contribution in [1.82, 2.24) is 15.0 Å². The maximum atomic E-state index is 12.4. The number of rotatable bonds is 5. The molecule has 28 heavy (non-hydrogen) atoms. The number of nitrogens with zero attached hydrogens (tertiary/aromatic N) is 3. The van der Waals surface area contributed by atoms with Gasteiger partial charge in [0.2, 0.25) is 11.9 Å². The molecule has 3 N–H and O–H groups in total. The number of nitrogens with two attached hydrogens (primary N) is 1. The van der Waals surface area contributed by atoms with Gasteiger partial charge in [-0.25, -0.2) is 4.79 Å². The van der Waals surface area contributed by atoms with Crippen LogP contribution in [0.15, 0.2) is 54.6 Å². The number of ether oxygens (including phenoxy) is 1. The van der Waals surface area contributed by atoms with Crippen LogP contribution in [0.2, 0.25) is 0 Å². The second-order valence-corrected chi connectivity index (χ2v) is 7.23. The highest BCUT2D eigenvalue weighted by atomic mass is 32.1. The molecule has 7 nitrogen and oxygen atoms in total. The lowest BCUT2D eigenvalue weighted by molar-refractivity contribution is 0.0468. The third-order valence-electron chi connectivity index (χ3n) is 3.97. The maximum Gasteiger partial charge on any atom is 0.348 e. The van der Waals surface area contributed by atoms with Gasteiger partial charge in [-0.3, -0.25) is 0 Å². The standard InChI is InChI=1S/C20H17N5O2S/c1-12-6-8-14(9-7-12)22-20-24-17(23-19(21)25-20)11-27-18(26)16-10-13-4-2-3-5-15(13)28-16/h2-10H,11H2,1H3,(H3,21,22,23,24,25). The second kappa shape index (κ2) is 7.61. The Kier molecular flexibility index (Phi) is 4.86. The molecule has 0 saturated heterocycles. The number of carbonyl (C=O) groups is 1. The Labute approximate surface area is 165 Å². The Balaban J connectivity index is 1.46. The minimum absolute atomic E-state index is 0.0533. The molecule has 0 saturated carbocycles. The fourth-order valence-corrected chi connectivity index (χ4v) is 3.56. The van der Waals surface area contributed by atoms with Crippen molar-refractivity contribution in [3.8, 4) is 0 Å². The number of fused-ring (bicyclic) bond motifs is 1. The van der Waals surface area contributed by atoms with Crippen LogP contribution in [0.25, 0.3) is 10.1 Å². The number of esters is 1. The first-order valence-electron chi connectivity index (χ1n) is 8.57. The van der Waals surface area contributed by atoms with E-state index in [0.29, 0.717) is 10.8 Å². The van der Waals surface area contributed by atoms with Gasteiger partial charge in [-0.15, -0.1) is 11.3 Å². The number of aryl methyl sites for hydroxylation is 1. The van der Waals surface area contributed by atoms with E-state index in [9.17, 15) is 4.79 Å². The van der Waals surface area contributed by atoms with E-state index >= 15 is 0 Å². The first-order valence-corrected chi connectivity index (χ1v) is 9.38. The molecule has 0 fully saturated rings. The van der Waals surface area contributed by atoms with Crippen molar-refractivity contribution < 1.29 is 9.53 Å². The van der Waals surface area contributed by atoms with E-state index in [2.05, 4.69) is 20.3 Å². The molecule has 8 heteroatoms. The topological polar surface area (TPSA) is 103 Å². The summed E-state index contributed by atoms with van der Waals surface area (Å²) in [7, 11) is 0. The Morgan fingerprint density at radius 3 is 2.68 bits per heavy atom. The molecule has 0 aliphatic carbocycles. The minimum atomic E-state index is -0.423. The summed E-state index contributed by atoms with van der Waals surface area (Å²) in [5.41, 5.74) is 7.74. The number of aromatic nitrogens is 3. The molecule has 0 unspecified atom stereocenters. The quantitative estimate of drug-likeness (QED) is 0.494. The first-order chi connectivity index (χ1) is 13.6. The van der Waals surface area contributed by atoms with Crippen LogP contribution in [-0.2, 0) is 11.3 Å². The summed E-state index contributed by atoms with van der Waals surface area (Å²) in [4.78, 5) is 25.3. The zero-order valence-corrected chi connectivity index (χ0v) is 15.9. The highest BCUT2D eigenvalue weighted by molar-refractivity contribution is 7.20. The molecule has 0 aliphatic heterocycles. The molecule has 0 bridgehead atoms. The van der Waals surface area contributed by atoms with Crippen molar-refractivity contribution in [2.75, 3.05) is 11.1 Å². The van der Waals surface area contributed by atoms with Crippen LogP contribution in [0.1, 0.15) is 21.1 Å². The lowest BCUT2D eigenvalue weighted by atomic mass is 10.2. The van der Waals surface area contributed by atoms with Crippen molar-refractivity contribution >= 4 is 45.0 Å². The molecule has 0 radical (unpaired) electrons. The predicted octanol–water partition coefficient (Wildman–Crippen LogP) is 4.08. The third-order valence-corrected chi connectivity index (χ3v) is 5.06. The summed E-state index contributed by atoms with van der Waals surface area (Å²) in [6.45, 7) is 1.91. The number of anilines is 3. The first kappa shape index (κ1) is 17.9. The van der Waals surface area contributed by atoms with Gasteiger partial charge < -0.3 is 15.8 Å². The van der Waals surface area contributed by atoms with E-state index in [1.54, 1.807) is 0 Å².